The maximum Gasteiger partial charge on any atom is 0.248 e. The van der Waals surface area contributed by atoms with Crippen molar-refractivity contribution in [1.82, 2.24) is 36.2 Å². The molecule has 0 unspecified atom stereocenters. The van der Waals surface area contributed by atoms with E-state index in [9.17, 15) is 14.4 Å². The Morgan fingerprint density at radius 1 is 1.27 bits per heavy atom. The first-order valence-corrected chi connectivity index (χ1v) is 9.43. The van der Waals surface area contributed by atoms with E-state index in [0.29, 0.717) is 31.6 Å². The predicted molar refractivity (Wildman–Crippen MR) is 98.5 cm³/mol. The fourth-order valence-electron chi connectivity index (χ4n) is 2.01. The van der Waals surface area contributed by atoms with Crippen LogP contribution in [-0.4, -0.2) is 61.5 Å². The Morgan fingerprint density at radius 3 is 2.65 bits per heavy atom. The highest BCUT2D eigenvalue weighted by atomic mass is 127. The van der Waals surface area contributed by atoms with Crippen LogP contribution in [-0.2, 0) is 32.8 Å². The summed E-state index contributed by atoms with van der Waals surface area (Å²) in [5.74, 6) is 4.33. The molecule has 0 aliphatic heterocycles. The van der Waals surface area contributed by atoms with Gasteiger partial charge in [-0.15, -0.1) is 10.2 Å². The average molecular weight is 482 g/mol. The Labute approximate surface area is 164 Å². The molecular formula is C13H23IN8O4. The number of tetrazole rings is 1. The zero-order valence-corrected chi connectivity index (χ0v) is 16.6. The highest BCUT2D eigenvalue weighted by Gasteiger charge is 2.20. The number of amides is 3. The molecule has 26 heavy (non-hydrogen) atoms. The van der Waals surface area contributed by atoms with Gasteiger partial charge in [-0.25, -0.2) is 5.90 Å². The highest BCUT2D eigenvalue weighted by Crippen LogP contribution is 2.02. The zero-order valence-electron chi connectivity index (χ0n) is 14.4. The van der Waals surface area contributed by atoms with Crippen LogP contribution in [0.2, 0.25) is 0 Å². The molecule has 3 amide bonds. The Hall–Kier alpha value is -1.87. The van der Waals surface area contributed by atoms with Gasteiger partial charge in [-0.3, -0.25) is 19.2 Å². The van der Waals surface area contributed by atoms with Crippen molar-refractivity contribution in [3.8, 4) is 0 Å². The highest BCUT2D eigenvalue weighted by molar-refractivity contribution is 14.1. The number of hydrogen-bond donors (Lipinski definition) is 4. The van der Waals surface area contributed by atoms with E-state index in [-0.39, 0.29) is 35.3 Å². The lowest BCUT2D eigenvalue weighted by Gasteiger charge is -2.17. The molecule has 0 aliphatic rings. The minimum atomic E-state index is -0.669. The molecule has 1 atom stereocenters. The van der Waals surface area contributed by atoms with Crippen molar-refractivity contribution in [1.29, 1.82) is 0 Å². The molecule has 0 bridgehead atoms. The van der Waals surface area contributed by atoms with Crippen LogP contribution < -0.4 is 21.8 Å². The summed E-state index contributed by atoms with van der Waals surface area (Å²) in [5, 5.41) is 19.4. The first kappa shape index (κ1) is 22.2. The van der Waals surface area contributed by atoms with Crippen molar-refractivity contribution in [2.75, 3.05) is 17.6 Å². The third-order valence-electron chi connectivity index (χ3n) is 3.20. The van der Waals surface area contributed by atoms with Gasteiger partial charge in [0.25, 0.3) is 0 Å². The van der Waals surface area contributed by atoms with E-state index in [1.165, 1.54) is 4.80 Å². The van der Waals surface area contributed by atoms with Crippen molar-refractivity contribution in [3.63, 3.8) is 0 Å². The van der Waals surface area contributed by atoms with E-state index in [1.54, 1.807) is 7.05 Å². The topological polar surface area (TPSA) is 166 Å². The van der Waals surface area contributed by atoms with Gasteiger partial charge in [-0.1, -0.05) is 22.6 Å². The van der Waals surface area contributed by atoms with E-state index < -0.39 is 6.04 Å². The number of rotatable bonds is 12. The quantitative estimate of drug-likeness (QED) is 0.114. The Morgan fingerprint density at radius 2 is 2.04 bits per heavy atom. The molecule has 0 saturated carbocycles. The van der Waals surface area contributed by atoms with Crippen LogP contribution in [0.3, 0.4) is 0 Å². The van der Waals surface area contributed by atoms with Crippen LogP contribution in [0, 0.1) is 0 Å². The molecule has 13 heteroatoms. The number of unbranched alkanes of at least 4 members (excludes halogenated alkanes) is 1. The van der Waals surface area contributed by atoms with Crippen molar-refractivity contribution < 1.29 is 19.2 Å². The van der Waals surface area contributed by atoms with Gasteiger partial charge >= 0.3 is 0 Å². The molecule has 0 spiro atoms. The third kappa shape index (κ3) is 9.00. The summed E-state index contributed by atoms with van der Waals surface area (Å²) >= 11 is 1.93. The first-order valence-electron chi connectivity index (χ1n) is 7.90. The fourth-order valence-corrected chi connectivity index (χ4v) is 2.23. The van der Waals surface area contributed by atoms with Gasteiger partial charge in [-0.2, -0.15) is 4.80 Å². The fraction of sp³-hybridized carbons (Fsp3) is 0.692. The SMILES string of the molecule is Cn1nnc(CNC(=O)[C@H](CCCCNC(=O)CON)NC(=O)CI)n1. The van der Waals surface area contributed by atoms with Gasteiger partial charge in [0.15, 0.2) is 5.82 Å². The number of hydrogen-bond acceptors (Lipinski definition) is 8. The lowest BCUT2D eigenvalue weighted by Crippen LogP contribution is -2.47. The predicted octanol–water partition coefficient (Wildman–Crippen LogP) is -2.08. The number of nitrogens with one attached hydrogen (secondary N) is 3. The van der Waals surface area contributed by atoms with E-state index in [0.717, 1.165) is 0 Å². The molecule has 146 valence electrons. The molecule has 1 heterocycles. The van der Waals surface area contributed by atoms with Crippen LogP contribution in [0.1, 0.15) is 25.1 Å². The lowest BCUT2D eigenvalue weighted by molar-refractivity contribution is -0.128. The molecular weight excluding hydrogens is 459 g/mol. The van der Waals surface area contributed by atoms with E-state index in [2.05, 4.69) is 36.2 Å². The number of halogens is 1. The molecule has 5 N–H and O–H groups in total. The smallest absolute Gasteiger partial charge is 0.248 e. The summed E-state index contributed by atoms with van der Waals surface area (Å²) in [6, 6.07) is -0.669. The summed E-state index contributed by atoms with van der Waals surface area (Å²) in [4.78, 5) is 40.7. The molecule has 0 radical (unpaired) electrons. The van der Waals surface area contributed by atoms with Gasteiger partial charge in [-0.05, 0) is 24.5 Å². The number of nitrogens with two attached hydrogens (primary N) is 1. The largest absolute Gasteiger partial charge is 0.354 e. The Bertz CT molecular complexity index is 596. The van der Waals surface area contributed by atoms with Crippen molar-refractivity contribution in [3.05, 3.63) is 5.82 Å². The van der Waals surface area contributed by atoms with Crippen LogP contribution in [0.4, 0.5) is 0 Å². The number of nitrogens with zero attached hydrogens (tertiary/aromatic N) is 4. The van der Waals surface area contributed by atoms with Crippen LogP contribution in [0.5, 0.6) is 0 Å². The number of aromatic nitrogens is 4. The first-order chi connectivity index (χ1) is 12.5. The molecule has 1 aromatic heterocycles. The minimum absolute atomic E-state index is 0.123. The van der Waals surface area contributed by atoms with Crippen LogP contribution in [0.15, 0.2) is 0 Å². The summed E-state index contributed by atoms with van der Waals surface area (Å²) in [6.45, 7) is 0.353. The number of alkyl halides is 1. The maximum absolute atomic E-state index is 12.3. The third-order valence-corrected chi connectivity index (χ3v) is 3.89. The lowest BCUT2D eigenvalue weighted by atomic mass is 10.1. The molecule has 12 nitrogen and oxygen atoms in total. The summed E-state index contributed by atoms with van der Waals surface area (Å²) < 4.78 is 0.252. The molecule has 0 saturated heterocycles. The monoisotopic (exact) mass is 482 g/mol. The molecule has 1 aromatic rings. The maximum atomic E-state index is 12.3. The molecule has 0 aromatic carbocycles. The second kappa shape index (κ2) is 12.5. The van der Waals surface area contributed by atoms with Crippen molar-refractivity contribution in [2.45, 2.75) is 31.8 Å². The van der Waals surface area contributed by atoms with Gasteiger partial charge in [0.2, 0.25) is 17.7 Å². The second-order valence-corrected chi connectivity index (χ2v) is 6.09. The molecule has 1 rings (SSSR count). The van der Waals surface area contributed by atoms with Crippen molar-refractivity contribution >= 4 is 40.3 Å². The van der Waals surface area contributed by atoms with Crippen LogP contribution >= 0.6 is 22.6 Å². The van der Waals surface area contributed by atoms with Crippen molar-refractivity contribution in [2.24, 2.45) is 12.9 Å². The van der Waals surface area contributed by atoms with Gasteiger partial charge in [0, 0.05) is 6.54 Å². The summed E-state index contributed by atoms with van der Waals surface area (Å²) in [7, 11) is 1.63. The number of carbonyl (C=O) groups is 3. The van der Waals surface area contributed by atoms with Gasteiger partial charge < -0.3 is 16.0 Å². The Kier molecular flexibility index (Phi) is 10.6. The Balaban J connectivity index is 2.40. The summed E-state index contributed by atoms with van der Waals surface area (Å²) in [6.07, 6.45) is 1.71. The summed E-state index contributed by atoms with van der Waals surface area (Å²) in [5.41, 5.74) is 0. The zero-order chi connectivity index (χ0) is 19.4. The van der Waals surface area contributed by atoms with Crippen LogP contribution in [0.25, 0.3) is 0 Å². The number of carbonyl (C=O) groups excluding carboxylic acids is 3. The van der Waals surface area contributed by atoms with E-state index in [1.807, 2.05) is 22.6 Å². The average Bonchev–Trinajstić information content (AvgIpc) is 3.03. The minimum Gasteiger partial charge on any atom is -0.354 e. The molecule has 0 fully saturated rings. The molecule has 0 aliphatic carbocycles. The van der Waals surface area contributed by atoms with E-state index in [4.69, 9.17) is 5.90 Å². The standard InChI is InChI=1S/C13H23IN8O4/c1-22-20-10(19-21-22)7-17-13(25)9(18-11(23)6-14)4-2-3-5-16-12(24)8-26-15/h9H,2-8,15H2,1H3,(H,16,24)(H,17,25)(H,18,23)/t9-/m0/s1. The van der Waals surface area contributed by atoms with Gasteiger partial charge in [0.1, 0.15) is 12.6 Å². The second-order valence-electron chi connectivity index (χ2n) is 5.32. The van der Waals surface area contributed by atoms with E-state index >= 15 is 0 Å². The van der Waals surface area contributed by atoms with Gasteiger partial charge in [0.05, 0.1) is 18.0 Å². The number of aryl methyl sites for hydroxylation is 1. The normalized spacial score (nSPS) is 11.7.